The predicted molar refractivity (Wildman–Crippen MR) is 133 cm³/mol. The van der Waals surface area contributed by atoms with Crippen LogP contribution in [0, 0.1) is 23.7 Å². The van der Waals surface area contributed by atoms with Gasteiger partial charge in [0.15, 0.2) is 5.69 Å². The summed E-state index contributed by atoms with van der Waals surface area (Å²) >= 11 is 18.7. The zero-order valence-electron chi connectivity index (χ0n) is 19.0. The Bertz CT molecular complexity index is 1270. The summed E-state index contributed by atoms with van der Waals surface area (Å²) in [5.41, 5.74) is 3.55. The van der Waals surface area contributed by atoms with Gasteiger partial charge in [-0.05, 0) is 61.4 Å². The molecule has 0 N–H and O–H groups in total. The molecule has 1 aromatic heterocycles. The van der Waals surface area contributed by atoms with Gasteiger partial charge in [0.2, 0.25) is 0 Å². The summed E-state index contributed by atoms with van der Waals surface area (Å²) in [5, 5.41) is 6.28. The van der Waals surface area contributed by atoms with Crippen LogP contribution in [0.25, 0.3) is 16.9 Å². The summed E-state index contributed by atoms with van der Waals surface area (Å²) in [6, 6.07) is 12.6. The van der Waals surface area contributed by atoms with E-state index in [-0.39, 0.29) is 22.6 Å². The minimum Gasteiger partial charge on any atom is -0.457 e. The van der Waals surface area contributed by atoms with E-state index in [0.717, 1.165) is 29.7 Å². The number of halogens is 3. The van der Waals surface area contributed by atoms with Crippen molar-refractivity contribution in [3.8, 4) is 16.9 Å². The summed E-state index contributed by atoms with van der Waals surface area (Å²) < 4.78 is 7.78. The first-order chi connectivity index (χ1) is 15.5. The van der Waals surface area contributed by atoms with Crippen molar-refractivity contribution in [1.82, 2.24) is 9.78 Å². The van der Waals surface area contributed by atoms with Gasteiger partial charge in [-0.2, -0.15) is 5.10 Å². The van der Waals surface area contributed by atoms with Crippen LogP contribution in [0.4, 0.5) is 0 Å². The highest BCUT2D eigenvalue weighted by Gasteiger charge is 2.72. The Kier molecular flexibility index (Phi) is 5.35. The maximum atomic E-state index is 13.4. The average molecular weight is 504 g/mol. The van der Waals surface area contributed by atoms with Crippen LogP contribution in [-0.2, 0) is 4.74 Å². The van der Waals surface area contributed by atoms with Gasteiger partial charge in [0.25, 0.3) is 0 Å². The van der Waals surface area contributed by atoms with Crippen LogP contribution >= 0.6 is 34.8 Å². The van der Waals surface area contributed by atoms with Gasteiger partial charge in [-0.25, -0.2) is 9.48 Å². The molecule has 2 saturated carbocycles. The minimum absolute atomic E-state index is 0.0387. The Morgan fingerprint density at radius 3 is 2.30 bits per heavy atom. The van der Waals surface area contributed by atoms with Gasteiger partial charge in [-0.1, -0.05) is 67.7 Å². The number of ether oxygens (including phenoxy) is 1. The number of carbonyl (C=O) groups is 1. The van der Waals surface area contributed by atoms with E-state index in [1.165, 1.54) is 0 Å². The van der Waals surface area contributed by atoms with Gasteiger partial charge in [0.1, 0.15) is 6.10 Å². The lowest BCUT2D eigenvalue weighted by Gasteiger charge is -2.20. The van der Waals surface area contributed by atoms with E-state index >= 15 is 0 Å². The molecule has 3 aromatic rings. The second-order valence-electron chi connectivity index (χ2n) is 9.88. The SMILES string of the molecule is Cc1c(C(=O)OC2CC(C)C3(C)CC23C)nn(-c2ccc(Cl)cc2Cl)c1-c1ccc(Cl)cc1. The summed E-state index contributed by atoms with van der Waals surface area (Å²) in [4.78, 5) is 13.4. The standard InChI is InChI=1S/C26H25Cl3N2O2/c1-14-11-21(26(4)13-25(14,26)3)33-24(32)22-15(2)23(16-5-7-17(27)8-6-16)31(30-22)20-10-9-18(28)12-19(20)29/h5-10,12,14,21H,11,13H2,1-4H3. The fraction of sp³-hybridized carbons (Fsp3) is 0.385. The van der Waals surface area contributed by atoms with Crippen molar-refractivity contribution in [2.45, 2.75) is 46.6 Å². The van der Waals surface area contributed by atoms with Crippen molar-refractivity contribution in [2.24, 2.45) is 16.7 Å². The Morgan fingerprint density at radius 1 is 1.06 bits per heavy atom. The van der Waals surface area contributed by atoms with E-state index < -0.39 is 5.97 Å². The summed E-state index contributed by atoms with van der Waals surface area (Å²) in [6.45, 7) is 8.66. The van der Waals surface area contributed by atoms with E-state index in [9.17, 15) is 4.79 Å². The van der Waals surface area contributed by atoms with Crippen molar-refractivity contribution >= 4 is 40.8 Å². The smallest absolute Gasteiger partial charge is 0.359 e. The van der Waals surface area contributed by atoms with Gasteiger partial charge in [0, 0.05) is 26.6 Å². The Labute approximate surface area is 208 Å². The molecule has 2 aliphatic carbocycles. The van der Waals surface area contributed by atoms with Gasteiger partial charge >= 0.3 is 5.97 Å². The van der Waals surface area contributed by atoms with Crippen LogP contribution in [0.15, 0.2) is 42.5 Å². The summed E-state index contributed by atoms with van der Waals surface area (Å²) in [5.74, 6) is 0.123. The fourth-order valence-corrected chi connectivity index (χ4v) is 6.22. The molecule has 2 aliphatic rings. The molecule has 33 heavy (non-hydrogen) atoms. The first-order valence-electron chi connectivity index (χ1n) is 11.1. The Hall–Kier alpha value is -2.01. The highest BCUT2D eigenvalue weighted by atomic mass is 35.5. The quantitative estimate of drug-likeness (QED) is 0.341. The number of nitrogens with zero attached hydrogens (tertiary/aromatic N) is 2. The second kappa shape index (κ2) is 7.76. The lowest BCUT2D eigenvalue weighted by molar-refractivity contribution is 0.0127. The fourth-order valence-electron chi connectivity index (χ4n) is 5.61. The maximum Gasteiger partial charge on any atom is 0.359 e. The molecule has 0 radical (unpaired) electrons. The molecule has 0 bridgehead atoms. The van der Waals surface area contributed by atoms with Crippen LogP contribution < -0.4 is 0 Å². The number of fused-ring (bicyclic) bond motifs is 1. The number of rotatable bonds is 4. The van der Waals surface area contributed by atoms with Gasteiger partial charge < -0.3 is 4.74 Å². The Morgan fingerprint density at radius 2 is 1.73 bits per heavy atom. The topological polar surface area (TPSA) is 44.1 Å². The van der Waals surface area contributed by atoms with Crippen molar-refractivity contribution in [3.05, 3.63) is 68.8 Å². The molecule has 2 fully saturated rings. The van der Waals surface area contributed by atoms with E-state index in [1.807, 2.05) is 31.2 Å². The number of aromatic nitrogens is 2. The zero-order valence-corrected chi connectivity index (χ0v) is 21.2. The third kappa shape index (κ3) is 3.50. The molecule has 0 saturated heterocycles. The van der Waals surface area contributed by atoms with E-state index in [4.69, 9.17) is 44.6 Å². The average Bonchev–Trinajstić information content (AvgIpc) is 3.10. The van der Waals surface area contributed by atoms with Gasteiger partial charge in [0.05, 0.1) is 16.4 Å². The van der Waals surface area contributed by atoms with Gasteiger partial charge in [-0.15, -0.1) is 0 Å². The molecule has 0 spiro atoms. The molecule has 1 heterocycles. The van der Waals surface area contributed by atoms with E-state index in [1.54, 1.807) is 22.9 Å². The predicted octanol–water partition coefficient (Wildman–Crippen LogP) is 7.79. The maximum absolute atomic E-state index is 13.4. The lowest BCUT2D eigenvalue weighted by atomic mass is 9.92. The summed E-state index contributed by atoms with van der Waals surface area (Å²) in [7, 11) is 0. The molecule has 4 atom stereocenters. The van der Waals surface area contributed by atoms with Crippen molar-refractivity contribution < 1.29 is 9.53 Å². The third-order valence-corrected chi connectivity index (χ3v) is 8.89. The largest absolute Gasteiger partial charge is 0.457 e. The number of carbonyl (C=O) groups excluding carboxylic acids is 1. The van der Waals surface area contributed by atoms with Crippen molar-refractivity contribution in [2.75, 3.05) is 0 Å². The van der Waals surface area contributed by atoms with E-state index in [0.29, 0.717) is 26.7 Å². The zero-order chi connectivity index (χ0) is 23.7. The third-order valence-electron chi connectivity index (χ3n) is 8.10. The second-order valence-corrected chi connectivity index (χ2v) is 11.2. The molecular formula is C26H25Cl3N2O2. The van der Waals surface area contributed by atoms with Gasteiger partial charge in [-0.3, -0.25) is 0 Å². The molecule has 4 nitrogen and oxygen atoms in total. The number of esters is 1. The van der Waals surface area contributed by atoms with Crippen LogP contribution in [0.3, 0.4) is 0 Å². The first kappa shape index (κ1) is 22.8. The summed E-state index contributed by atoms with van der Waals surface area (Å²) in [6.07, 6.45) is 1.86. The molecular weight excluding hydrogens is 479 g/mol. The van der Waals surface area contributed by atoms with Crippen molar-refractivity contribution in [1.29, 1.82) is 0 Å². The number of hydrogen-bond acceptors (Lipinski definition) is 3. The molecule has 2 aromatic carbocycles. The van der Waals surface area contributed by atoms with E-state index in [2.05, 4.69) is 20.8 Å². The highest BCUT2D eigenvalue weighted by Crippen LogP contribution is 2.75. The molecule has 5 rings (SSSR count). The highest BCUT2D eigenvalue weighted by molar-refractivity contribution is 6.35. The Balaban J connectivity index is 1.57. The lowest BCUT2D eigenvalue weighted by Crippen LogP contribution is -2.25. The molecule has 7 heteroatoms. The monoisotopic (exact) mass is 502 g/mol. The minimum atomic E-state index is -0.402. The number of benzene rings is 2. The molecule has 4 unspecified atom stereocenters. The van der Waals surface area contributed by atoms with Crippen LogP contribution in [0.2, 0.25) is 15.1 Å². The van der Waals surface area contributed by atoms with Crippen molar-refractivity contribution in [3.63, 3.8) is 0 Å². The molecule has 172 valence electrons. The first-order valence-corrected chi connectivity index (χ1v) is 12.2. The normalized spacial score (nSPS) is 28.0. The molecule has 0 amide bonds. The molecule has 0 aliphatic heterocycles. The van der Waals surface area contributed by atoms with Crippen LogP contribution in [0.1, 0.15) is 49.7 Å². The van der Waals surface area contributed by atoms with Crippen LogP contribution in [-0.4, -0.2) is 21.9 Å². The van der Waals surface area contributed by atoms with Crippen LogP contribution in [0.5, 0.6) is 0 Å². The number of hydrogen-bond donors (Lipinski definition) is 0.